The molecule has 1 rings (SSSR count). The van der Waals surface area contributed by atoms with Crippen molar-refractivity contribution in [2.75, 3.05) is 5.32 Å². The van der Waals surface area contributed by atoms with Gasteiger partial charge in [-0.3, -0.25) is 0 Å². The molecule has 1 atom stereocenters. The molecule has 2 heteroatoms. The van der Waals surface area contributed by atoms with Crippen molar-refractivity contribution in [1.82, 2.24) is 0 Å². The molecular weight excluding hydrogens is 172 g/mol. The maximum Gasteiger partial charge on any atom is 0.0992 e. The van der Waals surface area contributed by atoms with Crippen molar-refractivity contribution in [1.29, 1.82) is 5.26 Å². The average Bonchev–Trinajstić information content (AvgIpc) is 2.21. The van der Waals surface area contributed by atoms with Crippen LogP contribution >= 0.6 is 0 Å². The van der Waals surface area contributed by atoms with Crippen LogP contribution in [-0.2, 0) is 0 Å². The summed E-state index contributed by atoms with van der Waals surface area (Å²) in [5.41, 5.74) is 2.96. The van der Waals surface area contributed by atoms with Gasteiger partial charge in [0.2, 0.25) is 0 Å². The summed E-state index contributed by atoms with van der Waals surface area (Å²) >= 11 is 0. The zero-order chi connectivity index (χ0) is 10.6. The molecular formula is C12H16N2. The maximum atomic E-state index is 8.77. The van der Waals surface area contributed by atoms with E-state index in [0.29, 0.717) is 11.6 Å². The summed E-state index contributed by atoms with van der Waals surface area (Å²) in [6, 6.07) is 8.32. The molecule has 0 aliphatic rings. The van der Waals surface area contributed by atoms with Crippen LogP contribution < -0.4 is 5.32 Å². The number of hydrogen-bond acceptors (Lipinski definition) is 2. The van der Waals surface area contributed by atoms with E-state index in [9.17, 15) is 0 Å². The lowest BCUT2D eigenvalue weighted by Gasteiger charge is -2.15. The van der Waals surface area contributed by atoms with Crippen molar-refractivity contribution < 1.29 is 0 Å². The Balaban J connectivity index is 2.90. The van der Waals surface area contributed by atoms with Gasteiger partial charge in [0, 0.05) is 11.7 Å². The van der Waals surface area contributed by atoms with Gasteiger partial charge in [0.05, 0.1) is 11.6 Å². The summed E-state index contributed by atoms with van der Waals surface area (Å²) in [6.07, 6.45) is 1.08. The highest BCUT2D eigenvalue weighted by Crippen LogP contribution is 2.17. The van der Waals surface area contributed by atoms with Crippen LogP contribution in [0.15, 0.2) is 18.2 Å². The van der Waals surface area contributed by atoms with Crippen LogP contribution in [0.3, 0.4) is 0 Å². The molecule has 1 aromatic carbocycles. The lowest BCUT2D eigenvalue weighted by atomic mass is 10.1. The fourth-order valence-corrected chi connectivity index (χ4v) is 1.21. The van der Waals surface area contributed by atoms with Gasteiger partial charge in [-0.15, -0.1) is 0 Å². The van der Waals surface area contributed by atoms with Crippen molar-refractivity contribution >= 4 is 5.69 Å². The minimum atomic E-state index is 0.447. The minimum Gasteiger partial charge on any atom is -0.382 e. The van der Waals surface area contributed by atoms with Gasteiger partial charge in [0.25, 0.3) is 0 Å². The summed E-state index contributed by atoms with van der Waals surface area (Å²) < 4.78 is 0. The Kier molecular flexibility index (Phi) is 3.53. The van der Waals surface area contributed by atoms with Crippen molar-refractivity contribution in [2.24, 2.45) is 0 Å². The number of anilines is 1. The second-order valence-corrected chi connectivity index (χ2v) is 3.60. The van der Waals surface area contributed by atoms with Crippen molar-refractivity contribution in [3.8, 4) is 6.07 Å². The third kappa shape index (κ3) is 2.50. The maximum absolute atomic E-state index is 8.77. The number of nitrogens with zero attached hydrogens (tertiary/aromatic N) is 1. The molecule has 1 unspecified atom stereocenters. The van der Waals surface area contributed by atoms with Gasteiger partial charge in [0.15, 0.2) is 0 Å². The van der Waals surface area contributed by atoms with E-state index >= 15 is 0 Å². The first-order valence-electron chi connectivity index (χ1n) is 4.94. The second kappa shape index (κ2) is 4.66. The molecule has 0 radical (unpaired) electrons. The number of hydrogen-bond donors (Lipinski definition) is 1. The fourth-order valence-electron chi connectivity index (χ4n) is 1.21. The number of nitriles is 1. The second-order valence-electron chi connectivity index (χ2n) is 3.60. The van der Waals surface area contributed by atoms with E-state index in [-0.39, 0.29) is 0 Å². The van der Waals surface area contributed by atoms with E-state index in [1.807, 2.05) is 25.1 Å². The fraction of sp³-hybridized carbons (Fsp3) is 0.417. The van der Waals surface area contributed by atoms with Gasteiger partial charge >= 0.3 is 0 Å². The van der Waals surface area contributed by atoms with E-state index < -0.39 is 0 Å². The molecule has 14 heavy (non-hydrogen) atoms. The monoisotopic (exact) mass is 188 g/mol. The molecule has 1 N–H and O–H groups in total. The predicted molar refractivity (Wildman–Crippen MR) is 59.3 cm³/mol. The Morgan fingerprint density at radius 2 is 2.21 bits per heavy atom. The molecule has 0 aliphatic heterocycles. The molecule has 1 aromatic rings. The number of benzene rings is 1. The largest absolute Gasteiger partial charge is 0.382 e. The molecule has 0 aromatic heterocycles. The smallest absolute Gasteiger partial charge is 0.0992 e. The van der Waals surface area contributed by atoms with Crippen LogP contribution in [0.1, 0.15) is 31.4 Å². The Hall–Kier alpha value is -1.49. The molecule has 0 aliphatic carbocycles. The third-order valence-corrected chi connectivity index (χ3v) is 2.38. The highest BCUT2D eigenvalue weighted by atomic mass is 14.9. The SMILES string of the molecule is CCC(C)Nc1cc(C#N)ccc1C. The lowest BCUT2D eigenvalue weighted by molar-refractivity contribution is 0.763. The first-order chi connectivity index (χ1) is 6.67. The van der Waals surface area contributed by atoms with Crippen LogP contribution in [-0.4, -0.2) is 6.04 Å². The van der Waals surface area contributed by atoms with Gasteiger partial charge in [-0.1, -0.05) is 13.0 Å². The van der Waals surface area contributed by atoms with Crippen molar-refractivity contribution in [3.63, 3.8) is 0 Å². The van der Waals surface area contributed by atoms with Crippen LogP contribution in [0.4, 0.5) is 5.69 Å². The Morgan fingerprint density at radius 1 is 1.50 bits per heavy atom. The molecule has 74 valence electrons. The molecule has 0 heterocycles. The van der Waals surface area contributed by atoms with Gasteiger partial charge < -0.3 is 5.32 Å². The van der Waals surface area contributed by atoms with Crippen LogP contribution in [0, 0.1) is 18.3 Å². The van der Waals surface area contributed by atoms with Gasteiger partial charge in [0.1, 0.15) is 0 Å². The van der Waals surface area contributed by atoms with E-state index in [4.69, 9.17) is 5.26 Å². The summed E-state index contributed by atoms with van der Waals surface area (Å²) in [4.78, 5) is 0. The molecule has 0 spiro atoms. The van der Waals surface area contributed by atoms with Crippen LogP contribution in [0.5, 0.6) is 0 Å². The molecule has 2 nitrogen and oxygen atoms in total. The van der Waals surface area contributed by atoms with Crippen LogP contribution in [0.25, 0.3) is 0 Å². The predicted octanol–water partition coefficient (Wildman–Crippen LogP) is 3.08. The normalized spacial score (nSPS) is 11.9. The van der Waals surface area contributed by atoms with E-state index in [2.05, 4.69) is 25.2 Å². The summed E-state index contributed by atoms with van der Waals surface area (Å²) in [5, 5.41) is 12.1. The van der Waals surface area contributed by atoms with E-state index in [1.54, 1.807) is 0 Å². The molecule has 0 saturated heterocycles. The van der Waals surface area contributed by atoms with E-state index in [1.165, 1.54) is 5.56 Å². The lowest BCUT2D eigenvalue weighted by Crippen LogP contribution is -2.14. The zero-order valence-corrected chi connectivity index (χ0v) is 8.96. The molecule has 0 bridgehead atoms. The Morgan fingerprint density at radius 3 is 2.79 bits per heavy atom. The molecule has 0 saturated carbocycles. The van der Waals surface area contributed by atoms with E-state index in [0.717, 1.165) is 12.1 Å². The van der Waals surface area contributed by atoms with Crippen molar-refractivity contribution in [3.05, 3.63) is 29.3 Å². The molecule has 0 fully saturated rings. The topological polar surface area (TPSA) is 35.8 Å². The molecule has 0 amide bonds. The summed E-state index contributed by atoms with van der Waals surface area (Å²) in [7, 11) is 0. The van der Waals surface area contributed by atoms with Gasteiger partial charge in [-0.05, 0) is 38.0 Å². The zero-order valence-electron chi connectivity index (χ0n) is 8.96. The number of nitrogens with one attached hydrogen (secondary N) is 1. The summed E-state index contributed by atoms with van der Waals surface area (Å²) in [6.45, 7) is 6.32. The third-order valence-electron chi connectivity index (χ3n) is 2.38. The highest BCUT2D eigenvalue weighted by Gasteiger charge is 2.02. The average molecular weight is 188 g/mol. The van der Waals surface area contributed by atoms with Gasteiger partial charge in [-0.2, -0.15) is 5.26 Å². The van der Waals surface area contributed by atoms with Crippen molar-refractivity contribution in [2.45, 2.75) is 33.2 Å². The Bertz CT molecular complexity index is 350. The number of aryl methyl sites for hydroxylation is 1. The quantitative estimate of drug-likeness (QED) is 0.791. The van der Waals surface area contributed by atoms with Crippen LogP contribution in [0.2, 0.25) is 0 Å². The Labute approximate surface area is 85.6 Å². The minimum absolute atomic E-state index is 0.447. The number of rotatable bonds is 3. The highest BCUT2D eigenvalue weighted by molar-refractivity contribution is 5.55. The summed E-state index contributed by atoms with van der Waals surface area (Å²) in [5.74, 6) is 0. The first-order valence-corrected chi connectivity index (χ1v) is 4.94. The first kappa shape index (κ1) is 10.6. The standard InChI is InChI=1S/C12H16N2/c1-4-10(3)14-12-7-11(8-13)6-5-9(12)2/h5-7,10,14H,4H2,1-3H3. The van der Waals surface area contributed by atoms with Gasteiger partial charge in [-0.25, -0.2) is 0 Å².